The van der Waals surface area contributed by atoms with Crippen LogP contribution < -0.4 is 0 Å². The molecule has 2 aromatic carbocycles. The largest absolute Gasteiger partial charge is 0.435 e. The number of oxime groups is 1. The molecule has 1 aliphatic heterocycles. The lowest BCUT2D eigenvalue weighted by Crippen LogP contribution is -2.43. The third-order valence-electron chi connectivity index (χ3n) is 4.73. The fraction of sp³-hybridized carbons (Fsp3) is 0.158. The lowest BCUT2D eigenvalue weighted by molar-refractivity contribution is -0.276. The number of alkyl halides is 3. The standard InChI is InChI=1S/C19H9Cl2F4N5O/c20-12-4-13(17(22)14(21)5-12)18(19(23,24)25)6-15(29-31-18)10-1-2-16(11(3-10)7-26)30-9-27-8-28-30/h1-5,8-9H,6H2. The first-order chi connectivity index (χ1) is 14.7. The highest BCUT2D eigenvalue weighted by Crippen LogP contribution is 2.50. The van der Waals surface area contributed by atoms with E-state index in [1.54, 1.807) is 0 Å². The fourth-order valence-corrected chi connectivity index (χ4v) is 3.72. The predicted molar refractivity (Wildman–Crippen MR) is 102 cm³/mol. The molecule has 31 heavy (non-hydrogen) atoms. The van der Waals surface area contributed by atoms with E-state index < -0.39 is 34.6 Å². The minimum Gasteiger partial charge on any atom is -0.374 e. The summed E-state index contributed by atoms with van der Waals surface area (Å²) in [5, 5.41) is 16.2. The van der Waals surface area contributed by atoms with Gasteiger partial charge in [0.05, 0.1) is 28.4 Å². The minimum atomic E-state index is -5.05. The van der Waals surface area contributed by atoms with Crippen molar-refractivity contribution in [2.24, 2.45) is 5.16 Å². The monoisotopic (exact) mass is 469 g/mol. The van der Waals surface area contributed by atoms with Crippen molar-refractivity contribution in [1.29, 1.82) is 5.26 Å². The summed E-state index contributed by atoms with van der Waals surface area (Å²) in [4.78, 5) is 8.61. The number of halogens is 6. The van der Waals surface area contributed by atoms with Gasteiger partial charge in [0.2, 0.25) is 0 Å². The summed E-state index contributed by atoms with van der Waals surface area (Å²) >= 11 is 11.5. The van der Waals surface area contributed by atoms with Crippen LogP contribution in [-0.4, -0.2) is 26.7 Å². The van der Waals surface area contributed by atoms with Crippen molar-refractivity contribution in [3.05, 3.63) is 75.5 Å². The molecule has 12 heteroatoms. The number of aromatic nitrogens is 3. The van der Waals surface area contributed by atoms with Crippen LogP contribution in [0.1, 0.15) is 23.1 Å². The Morgan fingerprint density at radius 1 is 1.19 bits per heavy atom. The Balaban J connectivity index is 1.77. The second-order valence-electron chi connectivity index (χ2n) is 6.56. The van der Waals surface area contributed by atoms with Crippen molar-refractivity contribution in [1.82, 2.24) is 14.8 Å². The summed E-state index contributed by atoms with van der Waals surface area (Å²) in [5.41, 5.74) is -3.45. The van der Waals surface area contributed by atoms with E-state index in [4.69, 9.17) is 28.0 Å². The first-order valence-corrected chi connectivity index (χ1v) is 9.28. The van der Waals surface area contributed by atoms with E-state index >= 15 is 0 Å². The first kappa shape index (κ1) is 21.1. The van der Waals surface area contributed by atoms with Crippen LogP contribution in [-0.2, 0) is 10.4 Å². The summed E-state index contributed by atoms with van der Waals surface area (Å²) in [6, 6.07) is 8.03. The van der Waals surface area contributed by atoms with Crippen LogP contribution in [0.5, 0.6) is 0 Å². The van der Waals surface area contributed by atoms with Crippen LogP contribution >= 0.6 is 23.2 Å². The van der Waals surface area contributed by atoms with Crippen LogP contribution in [0.4, 0.5) is 17.6 Å². The minimum absolute atomic E-state index is 0.118. The molecule has 0 fully saturated rings. The van der Waals surface area contributed by atoms with E-state index in [0.29, 0.717) is 5.69 Å². The maximum atomic E-state index is 14.6. The van der Waals surface area contributed by atoms with Gasteiger partial charge in [0.25, 0.3) is 5.60 Å². The molecular formula is C19H9Cl2F4N5O. The molecule has 3 aromatic rings. The van der Waals surface area contributed by atoms with E-state index in [1.165, 1.54) is 35.5 Å². The van der Waals surface area contributed by atoms with Crippen molar-refractivity contribution in [3.8, 4) is 11.8 Å². The number of hydrogen-bond acceptors (Lipinski definition) is 5. The quantitative estimate of drug-likeness (QED) is 0.391. The van der Waals surface area contributed by atoms with Gasteiger partial charge in [0, 0.05) is 16.1 Å². The van der Waals surface area contributed by atoms with Crippen molar-refractivity contribution in [3.63, 3.8) is 0 Å². The molecule has 158 valence electrons. The highest BCUT2D eigenvalue weighted by Gasteiger charge is 2.63. The van der Waals surface area contributed by atoms with Crippen LogP contribution in [0.25, 0.3) is 5.69 Å². The second-order valence-corrected chi connectivity index (χ2v) is 7.41. The van der Waals surface area contributed by atoms with Gasteiger partial charge in [0.1, 0.15) is 24.5 Å². The van der Waals surface area contributed by atoms with Gasteiger partial charge in [-0.15, -0.1) is 0 Å². The molecule has 0 radical (unpaired) electrons. The zero-order valence-electron chi connectivity index (χ0n) is 15.2. The Hall–Kier alpha value is -3.16. The highest BCUT2D eigenvalue weighted by atomic mass is 35.5. The van der Waals surface area contributed by atoms with Crippen LogP contribution in [0.3, 0.4) is 0 Å². The topological polar surface area (TPSA) is 76.1 Å². The average molecular weight is 470 g/mol. The molecular weight excluding hydrogens is 461 g/mol. The Labute approximate surface area is 182 Å². The molecule has 6 nitrogen and oxygen atoms in total. The summed E-state index contributed by atoms with van der Waals surface area (Å²) in [5.74, 6) is -1.31. The molecule has 4 rings (SSSR count). The zero-order chi connectivity index (χ0) is 22.4. The summed E-state index contributed by atoms with van der Waals surface area (Å²) in [6.07, 6.45) is -3.26. The molecule has 0 saturated heterocycles. The number of nitrogens with zero attached hydrogens (tertiary/aromatic N) is 5. The fourth-order valence-electron chi connectivity index (χ4n) is 3.22. The normalized spacial score (nSPS) is 18.4. The summed E-state index contributed by atoms with van der Waals surface area (Å²) < 4.78 is 58.2. The highest BCUT2D eigenvalue weighted by molar-refractivity contribution is 6.34. The molecule has 0 bridgehead atoms. The molecule has 0 spiro atoms. The number of benzene rings is 2. The van der Waals surface area contributed by atoms with Gasteiger partial charge in [-0.05, 0) is 24.3 Å². The van der Waals surface area contributed by atoms with Crippen LogP contribution in [0.2, 0.25) is 10.0 Å². The zero-order valence-corrected chi connectivity index (χ0v) is 16.7. The Kier molecular flexibility index (Phi) is 5.11. The molecule has 1 unspecified atom stereocenters. The molecule has 2 heterocycles. The van der Waals surface area contributed by atoms with Crippen molar-refractivity contribution >= 4 is 28.9 Å². The lowest BCUT2D eigenvalue weighted by atomic mass is 9.86. The molecule has 0 aliphatic carbocycles. The number of rotatable bonds is 3. The first-order valence-electron chi connectivity index (χ1n) is 8.52. The predicted octanol–water partition coefficient (Wildman–Crippen LogP) is 5.17. The molecule has 1 atom stereocenters. The Morgan fingerprint density at radius 3 is 2.61 bits per heavy atom. The van der Waals surface area contributed by atoms with Gasteiger partial charge in [-0.25, -0.2) is 14.1 Å². The third-order valence-corrected chi connectivity index (χ3v) is 5.22. The van der Waals surface area contributed by atoms with E-state index in [1.807, 2.05) is 6.07 Å². The van der Waals surface area contributed by atoms with E-state index in [9.17, 15) is 22.8 Å². The lowest BCUT2D eigenvalue weighted by Gasteiger charge is -2.30. The van der Waals surface area contributed by atoms with Gasteiger partial charge in [-0.1, -0.05) is 34.4 Å². The van der Waals surface area contributed by atoms with Crippen molar-refractivity contribution in [2.45, 2.75) is 18.2 Å². The van der Waals surface area contributed by atoms with Crippen LogP contribution in [0.15, 0.2) is 48.1 Å². The molecule has 1 aliphatic rings. The molecule has 0 amide bonds. The van der Waals surface area contributed by atoms with E-state index in [0.717, 1.165) is 12.1 Å². The number of hydrogen-bond donors (Lipinski definition) is 0. The van der Waals surface area contributed by atoms with Crippen LogP contribution in [0, 0.1) is 17.1 Å². The van der Waals surface area contributed by atoms with Gasteiger partial charge in [-0.3, -0.25) is 0 Å². The molecule has 0 N–H and O–H groups in total. The van der Waals surface area contributed by atoms with E-state index in [2.05, 4.69) is 15.2 Å². The Morgan fingerprint density at radius 2 is 1.97 bits per heavy atom. The Bertz CT molecular complexity index is 1240. The molecule has 1 aromatic heterocycles. The third kappa shape index (κ3) is 3.49. The maximum absolute atomic E-state index is 14.6. The number of nitriles is 1. The van der Waals surface area contributed by atoms with Gasteiger partial charge in [0.15, 0.2) is 0 Å². The maximum Gasteiger partial charge on any atom is 0.435 e. The van der Waals surface area contributed by atoms with Crippen molar-refractivity contribution in [2.75, 3.05) is 0 Å². The molecule has 0 saturated carbocycles. The van der Waals surface area contributed by atoms with Gasteiger partial charge in [-0.2, -0.15) is 23.5 Å². The average Bonchev–Trinajstić information content (AvgIpc) is 3.40. The second kappa shape index (κ2) is 7.51. The van der Waals surface area contributed by atoms with E-state index in [-0.39, 0.29) is 21.9 Å². The SMILES string of the molecule is N#Cc1cc(C2=NOC(c3cc(Cl)cc(Cl)c3F)(C(F)(F)F)C2)ccc1-n1cncn1. The smallest absolute Gasteiger partial charge is 0.374 e. The summed E-state index contributed by atoms with van der Waals surface area (Å²) in [7, 11) is 0. The summed E-state index contributed by atoms with van der Waals surface area (Å²) in [6.45, 7) is 0. The van der Waals surface area contributed by atoms with Gasteiger partial charge >= 0.3 is 6.18 Å². The van der Waals surface area contributed by atoms with Crippen molar-refractivity contribution < 1.29 is 22.4 Å². The van der Waals surface area contributed by atoms with Gasteiger partial charge < -0.3 is 4.84 Å².